The molecule has 2 fully saturated rings. The fourth-order valence-electron chi connectivity index (χ4n) is 1.95. The van der Waals surface area contributed by atoms with Gasteiger partial charge in [0.25, 0.3) is 0 Å². The van der Waals surface area contributed by atoms with Crippen molar-refractivity contribution in [3.63, 3.8) is 0 Å². The molecular formula is C9H16MgO. The molecule has 60 valence electrons. The van der Waals surface area contributed by atoms with E-state index in [9.17, 15) is 5.11 Å². The average molecular weight is 165 g/mol. The van der Waals surface area contributed by atoms with Crippen LogP contribution < -0.4 is 0 Å². The summed E-state index contributed by atoms with van der Waals surface area (Å²) in [6.45, 7) is 0. The van der Waals surface area contributed by atoms with Crippen molar-refractivity contribution in [2.45, 2.75) is 44.6 Å². The Labute approximate surface area is 84.7 Å². The molecule has 0 bridgehead atoms. The van der Waals surface area contributed by atoms with Crippen LogP contribution in [0.2, 0.25) is 0 Å². The Morgan fingerprint density at radius 3 is 1.45 bits per heavy atom. The summed E-state index contributed by atoms with van der Waals surface area (Å²) in [6, 6.07) is 0. The minimum absolute atomic E-state index is 0. The fraction of sp³-hybridized carbons (Fsp3) is 1.00. The lowest BCUT2D eigenvalue weighted by Crippen LogP contribution is -2.36. The van der Waals surface area contributed by atoms with E-state index in [1.165, 1.54) is 38.5 Å². The van der Waals surface area contributed by atoms with Crippen LogP contribution in [0.1, 0.15) is 38.5 Å². The first-order chi connectivity index (χ1) is 4.88. The largest absolute Gasteiger partial charge is 0.393 e. The number of hydrogen-bond donors (Lipinski definition) is 1. The Hall–Kier alpha value is 0.726. The van der Waals surface area contributed by atoms with Gasteiger partial charge in [-0.1, -0.05) is 12.8 Å². The van der Waals surface area contributed by atoms with Crippen LogP contribution in [0.3, 0.4) is 0 Å². The second-order valence-corrected chi connectivity index (χ2v) is 3.87. The van der Waals surface area contributed by atoms with Gasteiger partial charge in [0.2, 0.25) is 0 Å². The van der Waals surface area contributed by atoms with Crippen molar-refractivity contribution in [2.24, 2.45) is 11.8 Å². The van der Waals surface area contributed by atoms with Gasteiger partial charge in [0.15, 0.2) is 0 Å². The molecule has 0 atom stereocenters. The molecule has 2 aliphatic rings. The minimum Gasteiger partial charge on any atom is -0.393 e. The highest BCUT2D eigenvalue weighted by molar-refractivity contribution is 5.75. The van der Waals surface area contributed by atoms with Gasteiger partial charge in [0.1, 0.15) is 0 Å². The SMILES string of the molecule is OC(C1CCC1)C1CCC1.[Mg]. The van der Waals surface area contributed by atoms with E-state index < -0.39 is 0 Å². The summed E-state index contributed by atoms with van der Waals surface area (Å²) < 4.78 is 0. The summed E-state index contributed by atoms with van der Waals surface area (Å²) >= 11 is 0. The number of aliphatic hydroxyl groups is 1. The van der Waals surface area contributed by atoms with Crippen LogP contribution in [0.4, 0.5) is 0 Å². The Morgan fingerprint density at radius 2 is 1.27 bits per heavy atom. The summed E-state index contributed by atoms with van der Waals surface area (Å²) in [5, 5.41) is 9.69. The molecule has 2 rings (SSSR count). The third-order valence-electron chi connectivity index (χ3n) is 3.27. The quantitative estimate of drug-likeness (QED) is 0.615. The number of aliphatic hydroxyl groups excluding tert-OH is 1. The first-order valence-corrected chi connectivity index (χ1v) is 4.56. The zero-order valence-electron chi connectivity index (χ0n) is 7.13. The van der Waals surface area contributed by atoms with Gasteiger partial charge in [-0.15, -0.1) is 0 Å². The first-order valence-electron chi connectivity index (χ1n) is 4.56. The summed E-state index contributed by atoms with van der Waals surface area (Å²) in [4.78, 5) is 0. The highest BCUT2D eigenvalue weighted by Crippen LogP contribution is 2.39. The van der Waals surface area contributed by atoms with Gasteiger partial charge in [-0.3, -0.25) is 0 Å². The molecule has 2 aliphatic carbocycles. The third kappa shape index (κ3) is 1.90. The number of hydrogen-bond acceptors (Lipinski definition) is 1. The van der Waals surface area contributed by atoms with Crippen molar-refractivity contribution in [2.75, 3.05) is 0 Å². The molecule has 0 amide bonds. The van der Waals surface area contributed by atoms with Crippen molar-refractivity contribution in [3.8, 4) is 0 Å². The van der Waals surface area contributed by atoms with Crippen LogP contribution in [-0.4, -0.2) is 34.3 Å². The molecule has 0 saturated heterocycles. The Morgan fingerprint density at radius 1 is 0.909 bits per heavy atom. The van der Waals surface area contributed by atoms with Crippen molar-refractivity contribution < 1.29 is 5.11 Å². The van der Waals surface area contributed by atoms with Crippen molar-refractivity contribution in [1.82, 2.24) is 0 Å². The smallest absolute Gasteiger partial charge is 0.0596 e. The van der Waals surface area contributed by atoms with Gasteiger partial charge in [-0.25, -0.2) is 0 Å². The first kappa shape index (κ1) is 9.81. The fourth-order valence-corrected chi connectivity index (χ4v) is 1.95. The molecule has 0 aromatic heterocycles. The van der Waals surface area contributed by atoms with Gasteiger partial charge < -0.3 is 5.11 Å². The van der Waals surface area contributed by atoms with E-state index in [1.807, 2.05) is 0 Å². The molecule has 1 nitrogen and oxygen atoms in total. The lowest BCUT2D eigenvalue weighted by atomic mass is 9.70. The van der Waals surface area contributed by atoms with Crippen LogP contribution in [0.5, 0.6) is 0 Å². The van der Waals surface area contributed by atoms with E-state index in [-0.39, 0.29) is 29.2 Å². The summed E-state index contributed by atoms with van der Waals surface area (Å²) in [5.41, 5.74) is 0. The molecular weight excluding hydrogens is 148 g/mol. The predicted molar refractivity (Wildman–Crippen MR) is 46.4 cm³/mol. The van der Waals surface area contributed by atoms with Crippen LogP contribution in [0.25, 0.3) is 0 Å². The molecule has 0 unspecified atom stereocenters. The molecule has 0 aliphatic heterocycles. The van der Waals surface area contributed by atoms with E-state index in [0.717, 1.165) is 0 Å². The van der Waals surface area contributed by atoms with Crippen molar-refractivity contribution in [1.29, 1.82) is 0 Å². The highest BCUT2D eigenvalue weighted by Gasteiger charge is 2.34. The van der Waals surface area contributed by atoms with E-state index in [1.54, 1.807) is 0 Å². The van der Waals surface area contributed by atoms with Crippen molar-refractivity contribution >= 4 is 23.1 Å². The van der Waals surface area contributed by atoms with Crippen LogP contribution in [-0.2, 0) is 0 Å². The minimum atomic E-state index is 0. The van der Waals surface area contributed by atoms with Gasteiger partial charge in [0, 0.05) is 23.1 Å². The average Bonchev–Trinajstić information content (AvgIpc) is 1.52. The summed E-state index contributed by atoms with van der Waals surface area (Å²) in [6.07, 6.45) is 7.94. The van der Waals surface area contributed by atoms with E-state index in [2.05, 4.69) is 0 Å². The highest BCUT2D eigenvalue weighted by atomic mass is 24.3. The van der Waals surface area contributed by atoms with Gasteiger partial charge in [0.05, 0.1) is 6.10 Å². The predicted octanol–water partition coefficient (Wildman–Crippen LogP) is 1.57. The maximum atomic E-state index is 9.69. The Kier molecular flexibility index (Phi) is 3.66. The zero-order chi connectivity index (χ0) is 6.97. The monoisotopic (exact) mass is 164 g/mol. The molecule has 0 heterocycles. The maximum absolute atomic E-state index is 9.69. The molecule has 11 heavy (non-hydrogen) atoms. The normalized spacial score (nSPS) is 25.6. The van der Waals surface area contributed by atoms with Gasteiger partial charge >= 0.3 is 0 Å². The Balaban J connectivity index is 0.000000605. The molecule has 2 saturated carbocycles. The van der Waals surface area contributed by atoms with Gasteiger partial charge in [-0.2, -0.15) is 0 Å². The second-order valence-electron chi connectivity index (χ2n) is 3.87. The standard InChI is InChI=1S/C9H16O.Mg/c10-9(7-3-1-4-7)8-5-2-6-8;/h7-10H,1-6H2;. The molecule has 0 spiro atoms. The zero-order valence-corrected chi connectivity index (χ0v) is 8.54. The van der Waals surface area contributed by atoms with Gasteiger partial charge in [-0.05, 0) is 37.5 Å². The number of rotatable bonds is 2. The van der Waals surface area contributed by atoms with Crippen molar-refractivity contribution in [3.05, 3.63) is 0 Å². The van der Waals surface area contributed by atoms with Crippen LogP contribution in [0.15, 0.2) is 0 Å². The lowest BCUT2D eigenvalue weighted by molar-refractivity contribution is -0.0137. The summed E-state index contributed by atoms with van der Waals surface area (Å²) in [5.74, 6) is 1.37. The molecule has 0 aromatic carbocycles. The molecule has 1 N–H and O–H groups in total. The van der Waals surface area contributed by atoms with E-state index in [0.29, 0.717) is 11.8 Å². The molecule has 2 radical (unpaired) electrons. The summed E-state index contributed by atoms with van der Waals surface area (Å²) in [7, 11) is 0. The molecule has 2 heteroatoms. The van der Waals surface area contributed by atoms with Crippen LogP contribution in [0, 0.1) is 11.8 Å². The molecule has 0 aromatic rings. The second kappa shape index (κ2) is 4.10. The topological polar surface area (TPSA) is 20.2 Å². The lowest BCUT2D eigenvalue weighted by Gasteiger charge is -2.39. The Bertz CT molecular complexity index is 105. The maximum Gasteiger partial charge on any atom is 0.0596 e. The van der Waals surface area contributed by atoms with Crippen LogP contribution >= 0.6 is 0 Å². The van der Waals surface area contributed by atoms with E-state index in [4.69, 9.17) is 0 Å². The third-order valence-corrected chi connectivity index (χ3v) is 3.27. The van der Waals surface area contributed by atoms with E-state index >= 15 is 0 Å².